The van der Waals surface area contributed by atoms with Crippen LogP contribution in [-0.4, -0.2) is 5.11 Å². The molecule has 0 aliphatic heterocycles. The average molecular weight is 150 g/mol. The number of hydrogen-bond acceptors (Lipinski definition) is 2. The third-order valence-electron chi connectivity index (χ3n) is 1.80. The lowest BCUT2D eigenvalue weighted by atomic mass is 10.3. The molecular formula is C9H10O2. The lowest BCUT2D eigenvalue weighted by Gasteiger charge is -1.90. The van der Waals surface area contributed by atoms with Gasteiger partial charge in [0.1, 0.15) is 0 Å². The molecule has 0 bridgehead atoms. The first-order valence-corrected chi connectivity index (χ1v) is 3.74. The van der Waals surface area contributed by atoms with E-state index in [2.05, 4.69) is 0 Å². The fraction of sp³-hybridized carbons (Fsp3) is 0.333. The van der Waals surface area contributed by atoms with E-state index in [1.165, 1.54) is 0 Å². The molecule has 1 heterocycles. The maximum Gasteiger partial charge on any atom is 0.168 e. The Morgan fingerprint density at radius 2 is 2.27 bits per heavy atom. The molecule has 0 amide bonds. The van der Waals surface area contributed by atoms with Gasteiger partial charge in [-0.05, 0) is 37.0 Å². The second kappa shape index (κ2) is 2.16. The predicted octanol–water partition coefficient (Wildman–Crippen LogP) is 2.65. The molecule has 1 N–H and O–H groups in total. The zero-order valence-corrected chi connectivity index (χ0v) is 6.42. The zero-order valence-electron chi connectivity index (χ0n) is 6.42. The summed E-state index contributed by atoms with van der Waals surface area (Å²) in [5.41, 5.74) is 2.16. The van der Waals surface area contributed by atoms with E-state index in [0.29, 0.717) is 11.5 Å². The number of furan rings is 1. The van der Waals surface area contributed by atoms with Gasteiger partial charge >= 0.3 is 0 Å². The standard InChI is InChI=1S/C9H10O2/c1-6-4-8(11-5-6)9(10)7-2-3-7/h4-5,10H,2-3H2,1H3. The van der Waals surface area contributed by atoms with E-state index in [9.17, 15) is 5.11 Å². The van der Waals surface area contributed by atoms with Gasteiger partial charge in [0.2, 0.25) is 0 Å². The van der Waals surface area contributed by atoms with Crippen LogP contribution in [-0.2, 0) is 0 Å². The van der Waals surface area contributed by atoms with Crippen molar-refractivity contribution in [1.29, 1.82) is 0 Å². The van der Waals surface area contributed by atoms with Gasteiger partial charge in [-0.1, -0.05) is 0 Å². The van der Waals surface area contributed by atoms with Crippen molar-refractivity contribution in [2.45, 2.75) is 19.8 Å². The van der Waals surface area contributed by atoms with Crippen LogP contribution in [0.2, 0.25) is 0 Å². The summed E-state index contributed by atoms with van der Waals surface area (Å²) < 4.78 is 5.12. The van der Waals surface area contributed by atoms with E-state index < -0.39 is 0 Å². The number of hydrogen-bond donors (Lipinski definition) is 1. The van der Waals surface area contributed by atoms with Crippen molar-refractivity contribution in [3.8, 4) is 0 Å². The van der Waals surface area contributed by atoms with Crippen LogP contribution in [0, 0.1) is 6.92 Å². The van der Waals surface area contributed by atoms with Crippen LogP contribution in [0.25, 0.3) is 5.76 Å². The molecule has 0 saturated heterocycles. The highest BCUT2D eigenvalue weighted by Crippen LogP contribution is 2.35. The lowest BCUT2D eigenvalue weighted by Crippen LogP contribution is -1.76. The summed E-state index contributed by atoms with van der Waals surface area (Å²) in [4.78, 5) is 0. The second-order valence-corrected chi connectivity index (χ2v) is 2.94. The van der Waals surface area contributed by atoms with E-state index in [-0.39, 0.29) is 0 Å². The minimum Gasteiger partial charge on any atom is -0.504 e. The quantitative estimate of drug-likeness (QED) is 0.624. The van der Waals surface area contributed by atoms with Crippen molar-refractivity contribution in [2.24, 2.45) is 0 Å². The fourth-order valence-electron chi connectivity index (χ4n) is 1.03. The first kappa shape index (κ1) is 6.53. The maximum atomic E-state index is 9.46. The molecular weight excluding hydrogens is 140 g/mol. The van der Waals surface area contributed by atoms with E-state index in [1.54, 1.807) is 6.26 Å². The molecule has 0 radical (unpaired) electrons. The average Bonchev–Trinajstić information content (AvgIpc) is 2.74. The summed E-state index contributed by atoms with van der Waals surface area (Å²) in [5.74, 6) is 0.952. The molecule has 0 spiro atoms. The molecule has 1 aliphatic rings. The van der Waals surface area contributed by atoms with Gasteiger partial charge in [-0.15, -0.1) is 0 Å². The van der Waals surface area contributed by atoms with Crippen LogP contribution < -0.4 is 0 Å². The van der Waals surface area contributed by atoms with Gasteiger partial charge < -0.3 is 9.52 Å². The molecule has 1 fully saturated rings. The highest BCUT2D eigenvalue weighted by atomic mass is 16.4. The highest BCUT2D eigenvalue weighted by Gasteiger charge is 2.20. The summed E-state index contributed by atoms with van der Waals surface area (Å²) in [7, 11) is 0. The molecule has 1 aromatic heterocycles. The molecule has 11 heavy (non-hydrogen) atoms. The van der Waals surface area contributed by atoms with Crippen molar-refractivity contribution in [3.05, 3.63) is 29.2 Å². The van der Waals surface area contributed by atoms with Crippen LogP contribution in [0.3, 0.4) is 0 Å². The van der Waals surface area contributed by atoms with E-state index in [1.807, 2.05) is 13.0 Å². The molecule has 0 aromatic carbocycles. The van der Waals surface area contributed by atoms with Gasteiger partial charge in [0.05, 0.1) is 6.26 Å². The van der Waals surface area contributed by atoms with Crippen molar-refractivity contribution in [2.75, 3.05) is 0 Å². The number of rotatable bonds is 1. The Bertz CT molecular complexity index is 301. The summed E-state index contributed by atoms with van der Waals surface area (Å²) in [6.45, 7) is 1.94. The monoisotopic (exact) mass is 150 g/mol. The Morgan fingerprint density at radius 1 is 1.55 bits per heavy atom. The van der Waals surface area contributed by atoms with Crippen molar-refractivity contribution in [3.63, 3.8) is 0 Å². The Labute approximate surface area is 65.1 Å². The molecule has 2 nitrogen and oxygen atoms in total. The lowest BCUT2D eigenvalue weighted by molar-refractivity contribution is 0.457. The van der Waals surface area contributed by atoms with E-state index >= 15 is 0 Å². The van der Waals surface area contributed by atoms with E-state index in [4.69, 9.17) is 4.42 Å². The van der Waals surface area contributed by atoms with E-state index in [0.717, 1.165) is 24.0 Å². The third kappa shape index (κ3) is 1.16. The van der Waals surface area contributed by atoms with Crippen molar-refractivity contribution < 1.29 is 9.52 Å². The number of aryl methyl sites for hydroxylation is 1. The largest absolute Gasteiger partial charge is 0.504 e. The number of allylic oxidation sites excluding steroid dienone is 1. The SMILES string of the molecule is Cc1coc(C(O)=C2CC2)c1. The van der Waals surface area contributed by atoms with Gasteiger partial charge in [0.25, 0.3) is 0 Å². The third-order valence-corrected chi connectivity index (χ3v) is 1.80. The normalized spacial score (nSPS) is 15.2. The summed E-state index contributed by atoms with van der Waals surface area (Å²) in [6.07, 6.45) is 3.69. The smallest absolute Gasteiger partial charge is 0.168 e. The Morgan fingerprint density at radius 3 is 2.73 bits per heavy atom. The molecule has 0 unspecified atom stereocenters. The first-order valence-electron chi connectivity index (χ1n) is 3.74. The molecule has 1 saturated carbocycles. The molecule has 0 atom stereocenters. The van der Waals surface area contributed by atoms with Gasteiger partial charge in [0.15, 0.2) is 11.5 Å². The molecule has 2 heteroatoms. The van der Waals surface area contributed by atoms with Crippen LogP contribution >= 0.6 is 0 Å². The predicted molar refractivity (Wildman–Crippen MR) is 42.2 cm³/mol. The summed E-state index contributed by atoms with van der Waals surface area (Å²) in [6, 6.07) is 1.85. The highest BCUT2D eigenvalue weighted by molar-refractivity contribution is 5.61. The minimum atomic E-state index is 0.345. The van der Waals surface area contributed by atoms with Crippen LogP contribution in [0.5, 0.6) is 0 Å². The maximum absolute atomic E-state index is 9.46. The molecule has 2 rings (SSSR count). The summed E-state index contributed by atoms with van der Waals surface area (Å²) in [5, 5.41) is 9.46. The molecule has 1 aliphatic carbocycles. The minimum absolute atomic E-state index is 0.345. The first-order chi connectivity index (χ1) is 5.27. The Balaban J connectivity index is 2.36. The van der Waals surface area contributed by atoms with Crippen molar-refractivity contribution >= 4 is 5.76 Å². The summed E-state index contributed by atoms with van der Waals surface area (Å²) >= 11 is 0. The van der Waals surface area contributed by atoms with Gasteiger partial charge in [-0.25, -0.2) is 0 Å². The molecule has 58 valence electrons. The Hall–Kier alpha value is -1.18. The number of aliphatic hydroxyl groups is 1. The van der Waals surface area contributed by atoms with Gasteiger partial charge in [-0.3, -0.25) is 0 Å². The fourth-order valence-corrected chi connectivity index (χ4v) is 1.03. The van der Waals surface area contributed by atoms with Crippen molar-refractivity contribution in [1.82, 2.24) is 0 Å². The zero-order chi connectivity index (χ0) is 7.84. The van der Waals surface area contributed by atoms with Crippen LogP contribution in [0.4, 0.5) is 0 Å². The van der Waals surface area contributed by atoms with Gasteiger partial charge in [-0.2, -0.15) is 0 Å². The molecule has 1 aromatic rings. The Kier molecular flexibility index (Phi) is 1.28. The van der Waals surface area contributed by atoms with Crippen LogP contribution in [0.15, 0.2) is 22.3 Å². The number of aliphatic hydroxyl groups excluding tert-OH is 1. The second-order valence-electron chi connectivity index (χ2n) is 2.94. The van der Waals surface area contributed by atoms with Crippen LogP contribution in [0.1, 0.15) is 24.2 Å². The van der Waals surface area contributed by atoms with Gasteiger partial charge in [0, 0.05) is 0 Å². The topological polar surface area (TPSA) is 33.4 Å².